The monoisotopic (exact) mass is 390 g/mol. The number of nitrogens with zero attached hydrogens (tertiary/aromatic N) is 5. The normalized spacial score (nSPS) is 12.2. The predicted octanol–water partition coefficient (Wildman–Crippen LogP) is 2.28. The number of aromatic nitrogens is 5. The van der Waals surface area contributed by atoms with Crippen LogP contribution in [0, 0.1) is 0 Å². The second-order valence-corrected chi connectivity index (χ2v) is 6.82. The molecule has 0 bridgehead atoms. The van der Waals surface area contributed by atoms with Crippen molar-refractivity contribution in [1.29, 1.82) is 0 Å². The van der Waals surface area contributed by atoms with Crippen molar-refractivity contribution in [1.82, 2.24) is 29.2 Å². The number of carbonyl (C=O) groups is 1. The number of hydrogen-bond donors (Lipinski definition) is 1. The van der Waals surface area contributed by atoms with Crippen molar-refractivity contribution < 1.29 is 4.79 Å². The Morgan fingerprint density at radius 3 is 2.38 bits per heavy atom. The van der Waals surface area contributed by atoms with Crippen LogP contribution in [-0.2, 0) is 17.9 Å². The molecule has 4 aromatic rings. The number of rotatable bonds is 6. The molecule has 1 N–H and O–H groups in total. The quantitative estimate of drug-likeness (QED) is 0.547. The van der Waals surface area contributed by atoms with Crippen LogP contribution in [0.5, 0.6) is 0 Å². The minimum Gasteiger partial charge on any atom is -0.348 e. The minimum atomic E-state index is -0.209. The van der Waals surface area contributed by atoms with Crippen LogP contribution in [-0.4, -0.2) is 29.8 Å². The van der Waals surface area contributed by atoms with Crippen molar-refractivity contribution in [2.45, 2.75) is 33.0 Å². The van der Waals surface area contributed by atoms with E-state index in [1.165, 1.54) is 10.9 Å². The molecule has 0 aliphatic rings. The van der Waals surface area contributed by atoms with Crippen LogP contribution in [0.4, 0.5) is 0 Å². The summed E-state index contributed by atoms with van der Waals surface area (Å²) >= 11 is 0. The van der Waals surface area contributed by atoms with Crippen molar-refractivity contribution in [2.24, 2.45) is 0 Å². The third kappa shape index (κ3) is 3.56. The van der Waals surface area contributed by atoms with Gasteiger partial charge in [0.15, 0.2) is 0 Å². The standard InChI is InChI=1S/C21H22N6O2/c1-3-25-18-6-4-5-7-19(18)26(21(25)29)12-20(28)24-15(2)16-8-10-17(11-9-16)27-14-22-13-23-27/h4-11,13-15H,3,12H2,1-2H3,(H,24,28). The number of fused-ring (bicyclic) bond motifs is 1. The summed E-state index contributed by atoms with van der Waals surface area (Å²) in [6, 6.07) is 15.1. The van der Waals surface area contributed by atoms with E-state index in [0.29, 0.717) is 6.54 Å². The average molecular weight is 390 g/mol. The minimum absolute atomic E-state index is 0.0201. The average Bonchev–Trinajstić information content (AvgIpc) is 3.36. The summed E-state index contributed by atoms with van der Waals surface area (Å²) in [6.07, 6.45) is 3.11. The summed E-state index contributed by atoms with van der Waals surface area (Å²) < 4.78 is 4.87. The van der Waals surface area contributed by atoms with Crippen LogP contribution in [0.2, 0.25) is 0 Å². The highest BCUT2D eigenvalue weighted by atomic mass is 16.2. The van der Waals surface area contributed by atoms with Crippen molar-refractivity contribution in [3.05, 3.63) is 77.2 Å². The SMILES string of the molecule is CCn1c(=O)n(CC(=O)NC(C)c2ccc(-n3cncn3)cc2)c2ccccc21. The van der Waals surface area contributed by atoms with Gasteiger partial charge < -0.3 is 5.32 Å². The van der Waals surface area contributed by atoms with E-state index >= 15 is 0 Å². The van der Waals surface area contributed by atoms with Crippen LogP contribution in [0.25, 0.3) is 16.7 Å². The third-order valence-electron chi connectivity index (χ3n) is 5.00. The van der Waals surface area contributed by atoms with E-state index < -0.39 is 0 Å². The first-order valence-corrected chi connectivity index (χ1v) is 9.51. The van der Waals surface area contributed by atoms with E-state index in [2.05, 4.69) is 15.4 Å². The molecule has 148 valence electrons. The smallest absolute Gasteiger partial charge is 0.329 e. The molecule has 0 fully saturated rings. The Morgan fingerprint density at radius 1 is 1.07 bits per heavy atom. The summed E-state index contributed by atoms with van der Waals surface area (Å²) in [5, 5.41) is 7.08. The first-order chi connectivity index (χ1) is 14.1. The Balaban J connectivity index is 1.49. The summed E-state index contributed by atoms with van der Waals surface area (Å²) in [5.41, 5.74) is 3.28. The van der Waals surface area contributed by atoms with Gasteiger partial charge >= 0.3 is 5.69 Å². The molecule has 8 heteroatoms. The zero-order valence-corrected chi connectivity index (χ0v) is 16.3. The summed E-state index contributed by atoms with van der Waals surface area (Å²) in [6.45, 7) is 4.37. The fraction of sp³-hybridized carbons (Fsp3) is 0.238. The van der Waals surface area contributed by atoms with Crippen LogP contribution < -0.4 is 11.0 Å². The number of carbonyl (C=O) groups excluding carboxylic acids is 1. The highest BCUT2D eigenvalue weighted by Gasteiger charge is 2.16. The zero-order valence-electron chi connectivity index (χ0n) is 16.3. The number of nitrogens with one attached hydrogen (secondary N) is 1. The molecule has 1 unspecified atom stereocenters. The van der Waals surface area contributed by atoms with E-state index in [-0.39, 0.29) is 24.2 Å². The Hall–Kier alpha value is -3.68. The molecular formula is C21H22N6O2. The maximum Gasteiger partial charge on any atom is 0.329 e. The second-order valence-electron chi connectivity index (χ2n) is 6.82. The molecule has 0 aliphatic carbocycles. The van der Waals surface area contributed by atoms with Gasteiger partial charge in [0, 0.05) is 6.54 Å². The maximum atomic E-state index is 12.7. The fourth-order valence-electron chi connectivity index (χ4n) is 3.50. The Bertz CT molecular complexity index is 1190. The van der Waals surface area contributed by atoms with Gasteiger partial charge in [0.25, 0.3) is 0 Å². The number of benzene rings is 2. The number of imidazole rings is 1. The number of amides is 1. The maximum absolute atomic E-state index is 12.7. The van der Waals surface area contributed by atoms with Gasteiger partial charge in [-0.2, -0.15) is 5.10 Å². The lowest BCUT2D eigenvalue weighted by Gasteiger charge is -2.15. The highest BCUT2D eigenvalue weighted by Crippen LogP contribution is 2.16. The van der Waals surface area contributed by atoms with Gasteiger partial charge in [-0.15, -0.1) is 0 Å². The Kier molecular flexibility index (Phi) is 4.99. The van der Waals surface area contributed by atoms with Gasteiger partial charge in [0.1, 0.15) is 19.2 Å². The number of para-hydroxylation sites is 2. The van der Waals surface area contributed by atoms with Gasteiger partial charge in [-0.3, -0.25) is 13.9 Å². The molecule has 1 amide bonds. The largest absolute Gasteiger partial charge is 0.348 e. The van der Waals surface area contributed by atoms with Crippen LogP contribution in [0.1, 0.15) is 25.5 Å². The number of aryl methyl sites for hydroxylation is 1. The zero-order chi connectivity index (χ0) is 20.4. The van der Waals surface area contributed by atoms with E-state index in [4.69, 9.17) is 0 Å². The van der Waals surface area contributed by atoms with Crippen molar-refractivity contribution in [3.63, 3.8) is 0 Å². The third-order valence-corrected chi connectivity index (χ3v) is 5.00. The first kappa shape index (κ1) is 18.7. The van der Waals surface area contributed by atoms with Gasteiger partial charge in [-0.25, -0.2) is 14.5 Å². The van der Waals surface area contributed by atoms with E-state index in [0.717, 1.165) is 22.3 Å². The molecular weight excluding hydrogens is 368 g/mol. The molecule has 2 heterocycles. The topological polar surface area (TPSA) is 86.7 Å². The summed E-state index contributed by atoms with van der Waals surface area (Å²) in [7, 11) is 0. The first-order valence-electron chi connectivity index (χ1n) is 9.51. The Labute approximate surface area is 167 Å². The molecule has 2 aromatic carbocycles. The second kappa shape index (κ2) is 7.75. The Morgan fingerprint density at radius 2 is 1.76 bits per heavy atom. The predicted molar refractivity (Wildman–Crippen MR) is 110 cm³/mol. The summed E-state index contributed by atoms with van der Waals surface area (Å²) in [4.78, 5) is 29.3. The molecule has 0 spiro atoms. The van der Waals surface area contributed by atoms with Crippen molar-refractivity contribution in [2.75, 3.05) is 0 Å². The molecule has 0 saturated heterocycles. The molecule has 2 aromatic heterocycles. The summed E-state index contributed by atoms with van der Waals surface area (Å²) in [5.74, 6) is -0.209. The number of hydrogen-bond acceptors (Lipinski definition) is 4. The van der Waals surface area contributed by atoms with E-state index in [9.17, 15) is 9.59 Å². The van der Waals surface area contributed by atoms with Gasteiger partial charge in [0.05, 0.1) is 22.8 Å². The molecule has 0 saturated carbocycles. The van der Waals surface area contributed by atoms with Gasteiger partial charge in [0.2, 0.25) is 5.91 Å². The lowest BCUT2D eigenvalue weighted by molar-refractivity contribution is -0.122. The lowest BCUT2D eigenvalue weighted by atomic mass is 10.1. The van der Waals surface area contributed by atoms with E-state index in [1.54, 1.807) is 15.6 Å². The van der Waals surface area contributed by atoms with Crippen molar-refractivity contribution >= 4 is 16.9 Å². The van der Waals surface area contributed by atoms with Crippen LogP contribution >= 0.6 is 0 Å². The molecule has 1 atom stereocenters. The fourth-order valence-corrected chi connectivity index (χ4v) is 3.50. The molecule has 8 nitrogen and oxygen atoms in total. The highest BCUT2D eigenvalue weighted by molar-refractivity contribution is 5.81. The lowest BCUT2D eigenvalue weighted by Crippen LogP contribution is -2.34. The molecule has 0 aliphatic heterocycles. The molecule has 4 rings (SSSR count). The van der Waals surface area contributed by atoms with Gasteiger partial charge in [-0.1, -0.05) is 24.3 Å². The molecule has 29 heavy (non-hydrogen) atoms. The van der Waals surface area contributed by atoms with Crippen LogP contribution in [0.15, 0.2) is 66.0 Å². The molecule has 0 radical (unpaired) electrons. The van der Waals surface area contributed by atoms with E-state index in [1.807, 2.05) is 62.4 Å². The van der Waals surface area contributed by atoms with Crippen molar-refractivity contribution in [3.8, 4) is 5.69 Å². The van der Waals surface area contributed by atoms with Crippen LogP contribution in [0.3, 0.4) is 0 Å². The van der Waals surface area contributed by atoms with Gasteiger partial charge in [-0.05, 0) is 43.7 Å².